The molecular formula is C18H24N4O. The van der Waals surface area contributed by atoms with E-state index in [9.17, 15) is 4.79 Å². The number of benzene rings is 1. The Morgan fingerprint density at radius 1 is 1.39 bits per heavy atom. The highest BCUT2D eigenvalue weighted by Crippen LogP contribution is 2.21. The number of carbonyl (C=O) groups excluding carboxylic acids is 1. The second-order valence-electron chi connectivity index (χ2n) is 6.18. The fourth-order valence-corrected chi connectivity index (χ4v) is 2.99. The molecule has 1 aliphatic heterocycles. The van der Waals surface area contributed by atoms with Gasteiger partial charge in [0.05, 0.1) is 5.69 Å². The summed E-state index contributed by atoms with van der Waals surface area (Å²) in [5.41, 5.74) is 3.43. The number of amides is 1. The van der Waals surface area contributed by atoms with Crippen LogP contribution >= 0.6 is 0 Å². The van der Waals surface area contributed by atoms with Gasteiger partial charge in [0.2, 0.25) is 5.91 Å². The average Bonchev–Trinajstić information content (AvgIpc) is 3.03. The predicted octanol–water partition coefficient (Wildman–Crippen LogP) is 1.97. The molecule has 0 spiro atoms. The number of hydrogen-bond acceptors (Lipinski definition) is 3. The Morgan fingerprint density at radius 3 is 3.04 bits per heavy atom. The molecule has 2 heterocycles. The number of carbonyl (C=O) groups is 1. The smallest absolute Gasteiger partial charge is 0.241 e. The van der Waals surface area contributed by atoms with Crippen molar-refractivity contribution < 1.29 is 4.79 Å². The summed E-state index contributed by atoms with van der Waals surface area (Å²) in [6.45, 7) is 4.96. The van der Waals surface area contributed by atoms with Crippen molar-refractivity contribution >= 4 is 5.91 Å². The van der Waals surface area contributed by atoms with Crippen LogP contribution in [0.25, 0.3) is 0 Å². The highest BCUT2D eigenvalue weighted by atomic mass is 16.2. The molecule has 1 atom stereocenters. The Labute approximate surface area is 137 Å². The fraction of sp³-hybridized carbons (Fsp3) is 0.444. The molecule has 2 aromatic rings. The summed E-state index contributed by atoms with van der Waals surface area (Å²) in [4.78, 5) is 12.1. The molecule has 1 amide bonds. The van der Waals surface area contributed by atoms with E-state index in [0.29, 0.717) is 12.5 Å². The van der Waals surface area contributed by atoms with E-state index in [-0.39, 0.29) is 12.5 Å². The summed E-state index contributed by atoms with van der Waals surface area (Å²) in [7, 11) is 0. The highest BCUT2D eigenvalue weighted by Gasteiger charge is 2.17. The van der Waals surface area contributed by atoms with Gasteiger partial charge in [-0.15, -0.1) is 0 Å². The SMILES string of the molecule is Cc1ccccc1CNC(=O)Cn1ccc(C2CCCNC2)n1. The van der Waals surface area contributed by atoms with Crippen molar-refractivity contribution in [3.63, 3.8) is 0 Å². The Bertz CT molecular complexity index is 659. The summed E-state index contributed by atoms with van der Waals surface area (Å²) in [6.07, 6.45) is 4.26. The Hall–Kier alpha value is -2.14. The maximum Gasteiger partial charge on any atom is 0.241 e. The fourth-order valence-electron chi connectivity index (χ4n) is 2.99. The predicted molar refractivity (Wildman–Crippen MR) is 90.1 cm³/mol. The van der Waals surface area contributed by atoms with Crippen molar-refractivity contribution in [3.05, 3.63) is 53.3 Å². The summed E-state index contributed by atoms with van der Waals surface area (Å²) < 4.78 is 1.73. The van der Waals surface area contributed by atoms with Gasteiger partial charge in [0.15, 0.2) is 0 Å². The first-order chi connectivity index (χ1) is 11.2. The first-order valence-corrected chi connectivity index (χ1v) is 8.27. The van der Waals surface area contributed by atoms with Crippen LogP contribution in [0, 0.1) is 6.92 Å². The van der Waals surface area contributed by atoms with Gasteiger partial charge in [-0.3, -0.25) is 9.48 Å². The van der Waals surface area contributed by atoms with Crippen LogP contribution in [0.4, 0.5) is 0 Å². The van der Waals surface area contributed by atoms with E-state index in [0.717, 1.165) is 24.3 Å². The van der Waals surface area contributed by atoms with Gasteiger partial charge in [0, 0.05) is 25.2 Å². The second-order valence-corrected chi connectivity index (χ2v) is 6.18. The van der Waals surface area contributed by atoms with E-state index >= 15 is 0 Å². The zero-order valence-electron chi connectivity index (χ0n) is 13.6. The lowest BCUT2D eigenvalue weighted by Gasteiger charge is -2.20. The van der Waals surface area contributed by atoms with Crippen LogP contribution in [-0.2, 0) is 17.9 Å². The number of piperidine rings is 1. The lowest BCUT2D eigenvalue weighted by Crippen LogP contribution is -2.29. The third-order valence-electron chi connectivity index (χ3n) is 4.42. The minimum Gasteiger partial charge on any atom is -0.350 e. The number of rotatable bonds is 5. The van der Waals surface area contributed by atoms with Gasteiger partial charge < -0.3 is 10.6 Å². The highest BCUT2D eigenvalue weighted by molar-refractivity contribution is 5.75. The van der Waals surface area contributed by atoms with Crippen LogP contribution < -0.4 is 10.6 Å². The summed E-state index contributed by atoms with van der Waals surface area (Å²) in [6, 6.07) is 10.1. The Kier molecular flexibility index (Phi) is 5.08. The van der Waals surface area contributed by atoms with Gasteiger partial charge in [-0.05, 0) is 43.5 Å². The number of aromatic nitrogens is 2. The first-order valence-electron chi connectivity index (χ1n) is 8.27. The van der Waals surface area contributed by atoms with E-state index in [2.05, 4.69) is 28.7 Å². The van der Waals surface area contributed by atoms with Gasteiger partial charge in [0.1, 0.15) is 6.54 Å². The first kappa shape index (κ1) is 15.7. The van der Waals surface area contributed by atoms with Crippen LogP contribution in [0.15, 0.2) is 36.5 Å². The van der Waals surface area contributed by atoms with Gasteiger partial charge in [-0.2, -0.15) is 5.10 Å². The van der Waals surface area contributed by atoms with Crippen molar-refractivity contribution in [1.82, 2.24) is 20.4 Å². The summed E-state index contributed by atoms with van der Waals surface area (Å²) >= 11 is 0. The van der Waals surface area contributed by atoms with Gasteiger partial charge >= 0.3 is 0 Å². The molecule has 0 saturated carbocycles. The molecule has 1 saturated heterocycles. The van der Waals surface area contributed by atoms with E-state index in [1.54, 1.807) is 4.68 Å². The van der Waals surface area contributed by atoms with Crippen LogP contribution in [0.2, 0.25) is 0 Å². The standard InChI is InChI=1S/C18H24N4O/c1-14-5-2-3-6-15(14)12-20-18(23)13-22-10-8-17(21-22)16-7-4-9-19-11-16/h2-3,5-6,8,10,16,19H,4,7,9,11-13H2,1H3,(H,20,23). The molecule has 2 N–H and O–H groups in total. The number of nitrogens with zero attached hydrogens (tertiary/aromatic N) is 2. The van der Waals surface area contributed by atoms with Crippen molar-refractivity contribution in [2.75, 3.05) is 13.1 Å². The zero-order chi connectivity index (χ0) is 16.1. The number of aryl methyl sites for hydroxylation is 1. The molecule has 0 bridgehead atoms. The topological polar surface area (TPSA) is 59.0 Å². The molecule has 1 aromatic heterocycles. The normalized spacial score (nSPS) is 17.9. The van der Waals surface area contributed by atoms with E-state index in [1.807, 2.05) is 30.5 Å². The van der Waals surface area contributed by atoms with Gasteiger partial charge in [0.25, 0.3) is 0 Å². The third kappa shape index (κ3) is 4.20. The lowest BCUT2D eigenvalue weighted by atomic mass is 9.97. The Morgan fingerprint density at radius 2 is 2.26 bits per heavy atom. The maximum absolute atomic E-state index is 12.1. The molecule has 0 radical (unpaired) electrons. The second kappa shape index (κ2) is 7.42. The molecule has 23 heavy (non-hydrogen) atoms. The van der Waals surface area contributed by atoms with Crippen molar-refractivity contribution in [1.29, 1.82) is 0 Å². The maximum atomic E-state index is 12.1. The van der Waals surface area contributed by atoms with Gasteiger partial charge in [-0.1, -0.05) is 24.3 Å². The van der Waals surface area contributed by atoms with Crippen molar-refractivity contribution in [2.24, 2.45) is 0 Å². The molecule has 5 nitrogen and oxygen atoms in total. The minimum atomic E-state index is -0.00956. The summed E-state index contributed by atoms with van der Waals surface area (Å²) in [5.74, 6) is 0.463. The molecule has 5 heteroatoms. The van der Waals surface area contributed by atoms with Crippen molar-refractivity contribution in [3.8, 4) is 0 Å². The molecule has 1 aliphatic rings. The van der Waals surface area contributed by atoms with E-state index < -0.39 is 0 Å². The molecular weight excluding hydrogens is 288 g/mol. The molecule has 122 valence electrons. The van der Waals surface area contributed by atoms with E-state index in [4.69, 9.17) is 0 Å². The van der Waals surface area contributed by atoms with Crippen LogP contribution in [0.5, 0.6) is 0 Å². The Balaban J connectivity index is 1.52. The minimum absolute atomic E-state index is 0.00956. The third-order valence-corrected chi connectivity index (χ3v) is 4.42. The largest absolute Gasteiger partial charge is 0.350 e. The average molecular weight is 312 g/mol. The lowest BCUT2D eigenvalue weighted by molar-refractivity contribution is -0.122. The van der Waals surface area contributed by atoms with Crippen LogP contribution in [0.3, 0.4) is 0 Å². The van der Waals surface area contributed by atoms with E-state index in [1.165, 1.54) is 18.4 Å². The quantitative estimate of drug-likeness (QED) is 0.887. The molecule has 1 fully saturated rings. The molecule has 1 aromatic carbocycles. The monoisotopic (exact) mass is 312 g/mol. The summed E-state index contributed by atoms with van der Waals surface area (Å²) in [5, 5.41) is 10.9. The zero-order valence-corrected chi connectivity index (χ0v) is 13.6. The van der Waals surface area contributed by atoms with Crippen LogP contribution in [0.1, 0.15) is 35.6 Å². The number of nitrogens with one attached hydrogen (secondary N) is 2. The number of hydrogen-bond donors (Lipinski definition) is 2. The van der Waals surface area contributed by atoms with Crippen molar-refractivity contribution in [2.45, 2.75) is 38.8 Å². The molecule has 3 rings (SSSR count). The molecule has 1 unspecified atom stereocenters. The van der Waals surface area contributed by atoms with Crippen LogP contribution in [-0.4, -0.2) is 28.8 Å². The van der Waals surface area contributed by atoms with Gasteiger partial charge in [-0.25, -0.2) is 0 Å². The molecule has 0 aliphatic carbocycles.